The molecule has 0 aromatic heterocycles. The van der Waals surface area contributed by atoms with E-state index in [-0.39, 0.29) is 28.7 Å². The Morgan fingerprint density at radius 3 is 2.40 bits per heavy atom. The quantitative estimate of drug-likeness (QED) is 0.709. The SMILES string of the molecule is CC.CC(=O)NC(C(=O)N1CCCC2(COC2)C1)C(C)OCC12CCC(CC1)OC2. The number of amides is 2. The zero-order chi connectivity index (χ0) is 21.8. The topological polar surface area (TPSA) is 77.1 Å². The molecule has 4 saturated heterocycles. The predicted molar refractivity (Wildman–Crippen MR) is 114 cm³/mol. The highest BCUT2D eigenvalue weighted by Gasteiger charge is 2.46. The minimum Gasteiger partial charge on any atom is -0.380 e. The summed E-state index contributed by atoms with van der Waals surface area (Å²) in [6.45, 7) is 11.6. The number of carbonyl (C=O) groups is 2. The lowest BCUT2D eigenvalue weighted by Gasteiger charge is -2.49. The van der Waals surface area contributed by atoms with Gasteiger partial charge in [-0.25, -0.2) is 0 Å². The Morgan fingerprint density at radius 2 is 1.87 bits per heavy atom. The van der Waals surface area contributed by atoms with E-state index >= 15 is 0 Å². The molecule has 2 atom stereocenters. The van der Waals surface area contributed by atoms with Crippen molar-refractivity contribution in [3.8, 4) is 0 Å². The first kappa shape index (κ1) is 23.5. The molecular formula is C23H40N2O5. The molecule has 2 unspecified atom stereocenters. The second-order valence-corrected chi connectivity index (χ2v) is 9.56. The molecule has 5 fully saturated rings. The molecular weight excluding hydrogens is 384 g/mol. The highest BCUT2D eigenvalue weighted by atomic mass is 16.5. The molecule has 1 saturated carbocycles. The molecule has 30 heavy (non-hydrogen) atoms. The molecule has 4 aliphatic heterocycles. The highest BCUT2D eigenvalue weighted by Crippen LogP contribution is 2.43. The summed E-state index contributed by atoms with van der Waals surface area (Å²) in [5, 5.41) is 2.85. The molecule has 5 aliphatic rings. The molecule has 0 aromatic rings. The molecule has 2 amide bonds. The third-order valence-electron chi connectivity index (χ3n) is 7.15. The maximum Gasteiger partial charge on any atom is 0.247 e. The van der Waals surface area contributed by atoms with Crippen LogP contribution in [0.5, 0.6) is 0 Å². The molecule has 1 aliphatic carbocycles. The Bertz CT molecular complexity index is 585. The van der Waals surface area contributed by atoms with Crippen molar-refractivity contribution in [2.75, 3.05) is 39.5 Å². The number of hydrogen-bond donors (Lipinski definition) is 1. The molecule has 5 rings (SSSR count). The van der Waals surface area contributed by atoms with Crippen LogP contribution < -0.4 is 5.32 Å². The average molecular weight is 425 g/mol. The molecule has 2 bridgehead atoms. The van der Waals surface area contributed by atoms with Crippen molar-refractivity contribution in [3.05, 3.63) is 0 Å². The number of fused-ring (bicyclic) bond motifs is 3. The summed E-state index contributed by atoms with van der Waals surface area (Å²) in [4.78, 5) is 27.0. The summed E-state index contributed by atoms with van der Waals surface area (Å²) >= 11 is 0. The van der Waals surface area contributed by atoms with Gasteiger partial charge in [-0.15, -0.1) is 0 Å². The van der Waals surface area contributed by atoms with Crippen LogP contribution in [-0.2, 0) is 23.8 Å². The van der Waals surface area contributed by atoms with Gasteiger partial charge in [-0.1, -0.05) is 13.8 Å². The van der Waals surface area contributed by atoms with Crippen LogP contribution in [0.4, 0.5) is 0 Å². The van der Waals surface area contributed by atoms with E-state index < -0.39 is 6.04 Å². The number of ether oxygens (including phenoxy) is 3. The Labute approximate surface area is 181 Å². The van der Waals surface area contributed by atoms with E-state index in [4.69, 9.17) is 14.2 Å². The summed E-state index contributed by atoms with van der Waals surface area (Å²) in [5.74, 6) is -0.234. The van der Waals surface area contributed by atoms with Crippen LogP contribution in [-0.4, -0.2) is 74.5 Å². The second kappa shape index (κ2) is 9.96. The number of rotatable bonds is 6. The van der Waals surface area contributed by atoms with E-state index in [0.29, 0.717) is 19.3 Å². The summed E-state index contributed by atoms with van der Waals surface area (Å²) in [5.41, 5.74) is 0.196. The first-order chi connectivity index (χ1) is 14.4. The van der Waals surface area contributed by atoms with E-state index in [9.17, 15) is 9.59 Å². The van der Waals surface area contributed by atoms with E-state index in [1.165, 1.54) is 6.92 Å². The van der Waals surface area contributed by atoms with Gasteiger partial charge in [0.1, 0.15) is 6.04 Å². The molecule has 0 radical (unpaired) electrons. The number of hydrogen-bond acceptors (Lipinski definition) is 5. The van der Waals surface area contributed by atoms with Crippen molar-refractivity contribution < 1.29 is 23.8 Å². The van der Waals surface area contributed by atoms with Crippen molar-refractivity contribution in [1.82, 2.24) is 10.2 Å². The average Bonchev–Trinajstić information content (AvgIpc) is 2.77. The van der Waals surface area contributed by atoms with Gasteiger partial charge in [0.05, 0.1) is 38.6 Å². The number of piperidine rings is 1. The van der Waals surface area contributed by atoms with Crippen molar-refractivity contribution in [1.29, 1.82) is 0 Å². The minimum absolute atomic E-state index is 0.0326. The van der Waals surface area contributed by atoms with Gasteiger partial charge < -0.3 is 24.4 Å². The molecule has 4 heterocycles. The lowest BCUT2D eigenvalue weighted by Crippen LogP contribution is -2.61. The van der Waals surface area contributed by atoms with Gasteiger partial charge in [0.15, 0.2) is 0 Å². The second-order valence-electron chi connectivity index (χ2n) is 9.56. The van der Waals surface area contributed by atoms with Crippen molar-refractivity contribution >= 4 is 11.8 Å². The maximum absolute atomic E-state index is 13.3. The van der Waals surface area contributed by atoms with E-state index in [1.807, 2.05) is 25.7 Å². The molecule has 7 heteroatoms. The summed E-state index contributed by atoms with van der Waals surface area (Å²) < 4.78 is 17.5. The van der Waals surface area contributed by atoms with Crippen molar-refractivity contribution in [2.24, 2.45) is 10.8 Å². The maximum atomic E-state index is 13.3. The molecule has 172 valence electrons. The van der Waals surface area contributed by atoms with Crippen LogP contribution >= 0.6 is 0 Å². The summed E-state index contributed by atoms with van der Waals surface area (Å²) in [6.07, 6.45) is 6.59. The van der Waals surface area contributed by atoms with Gasteiger partial charge in [-0.3, -0.25) is 9.59 Å². The van der Waals surface area contributed by atoms with Gasteiger partial charge in [0.2, 0.25) is 11.8 Å². The number of nitrogens with one attached hydrogen (secondary N) is 1. The van der Waals surface area contributed by atoms with E-state index in [2.05, 4.69) is 5.32 Å². The van der Waals surface area contributed by atoms with Crippen LogP contribution in [0.2, 0.25) is 0 Å². The number of carbonyl (C=O) groups excluding carboxylic acids is 2. The first-order valence-electron chi connectivity index (χ1n) is 11.8. The largest absolute Gasteiger partial charge is 0.380 e. The fraction of sp³-hybridized carbons (Fsp3) is 0.913. The van der Waals surface area contributed by atoms with Gasteiger partial charge in [-0.2, -0.15) is 0 Å². The van der Waals surface area contributed by atoms with Crippen LogP contribution in [0.25, 0.3) is 0 Å². The predicted octanol–water partition coefficient (Wildman–Crippen LogP) is 2.52. The molecule has 7 nitrogen and oxygen atoms in total. The van der Waals surface area contributed by atoms with Crippen LogP contribution in [0.1, 0.15) is 66.2 Å². The third kappa shape index (κ3) is 5.17. The zero-order valence-electron chi connectivity index (χ0n) is 19.2. The van der Waals surface area contributed by atoms with E-state index in [1.54, 1.807) is 0 Å². The van der Waals surface area contributed by atoms with Crippen LogP contribution in [0.15, 0.2) is 0 Å². The van der Waals surface area contributed by atoms with Crippen molar-refractivity contribution in [3.63, 3.8) is 0 Å². The molecule has 0 aromatic carbocycles. The molecule has 1 N–H and O–H groups in total. The van der Waals surface area contributed by atoms with Gasteiger partial charge in [0.25, 0.3) is 0 Å². The monoisotopic (exact) mass is 424 g/mol. The fourth-order valence-corrected chi connectivity index (χ4v) is 5.22. The van der Waals surface area contributed by atoms with Crippen LogP contribution in [0, 0.1) is 10.8 Å². The minimum atomic E-state index is -0.647. The van der Waals surface area contributed by atoms with Gasteiger partial charge >= 0.3 is 0 Å². The van der Waals surface area contributed by atoms with Crippen molar-refractivity contribution in [2.45, 2.75) is 84.5 Å². The smallest absolute Gasteiger partial charge is 0.247 e. The van der Waals surface area contributed by atoms with Gasteiger partial charge in [0, 0.05) is 30.8 Å². The fourth-order valence-electron chi connectivity index (χ4n) is 5.22. The Hall–Kier alpha value is -1.18. The van der Waals surface area contributed by atoms with Crippen LogP contribution in [0.3, 0.4) is 0 Å². The lowest BCUT2D eigenvalue weighted by molar-refractivity contribution is -0.168. The number of nitrogens with zero attached hydrogens (tertiary/aromatic N) is 1. The Morgan fingerprint density at radius 1 is 1.17 bits per heavy atom. The highest BCUT2D eigenvalue weighted by molar-refractivity contribution is 5.87. The third-order valence-corrected chi connectivity index (χ3v) is 7.15. The lowest BCUT2D eigenvalue weighted by atomic mass is 9.72. The normalized spacial score (nSPS) is 31.2. The summed E-state index contributed by atoms with van der Waals surface area (Å²) in [6, 6.07) is -0.647. The first-order valence-corrected chi connectivity index (χ1v) is 11.8. The number of likely N-dealkylation sites (tertiary alicyclic amines) is 1. The summed E-state index contributed by atoms with van der Waals surface area (Å²) in [7, 11) is 0. The Balaban J connectivity index is 0.00000124. The van der Waals surface area contributed by atoms with E-state index in [0.717, 1.165) is 64.9 Å². The van der Waals surface area contributed by atoms with Gasteiger partial charge in [-0.05, 0) is 45.4 Å². The zero-order valence-corrected chi connectivity index (χ0v) is 19.2. The molecule has 1 spiro atoms. The Kier molecular flexibility index (Phi) is 7.80. The standard InChI is InChI=1S/C21H34N2O5.C2H6/c1-15(27-13-20-7-4-17(5-8-20)28-14-20)18(22-16(2)24)19(25)23-9-3-6-21(10-23)11-26-12-21;1-2/h15,17-18H,3-14H2,1-2H3,(H,22,24);1-2H3.